The molecular formula is C20H27ClF2N2O2. The first-order chi connectivity index (χ1) is 12.6. The highest BCUT2D eigenvalue weighted by Crippen LogP contribution is 2.26. The number of likely N-dealkylation sites (tertiary alicyclic amines) is 1. The number of piperidine rings is 1. The first-order valence-electron chi connectivity index (χ1n) is 8.97. The standard InChI is InChI=1S/C20H27ClF2N2O2/c1-14(11-21)25(12-15-5-7-16(22)8-6-15)18-9-10-24(13-17(18)23)19(26)27-20(2,3)4/h5-8,17-18H,1,9-13H2,2-4H3/t17-,18+/m1/s1. The van der Waals surface area contributed by atoms with Gasteiger partial charge in [0.25, 0.3) is 0 Å². The maximum absolute atomic E-state index is 15.0. The molecule has 7 heteroatoms. The van der Waals surface area contributed by atoms with Crippen molar-refractivity contribution in [2.75, 3.05) is 19.0 Å². The summed E-state index contributed by atoms with van der Waals surface area (Å²) in [6.45, 7) is 10.00. The molecule has 1 aliphatic heterocycles. The Bertz CT molecular complexity index is 661. The van der Waals surface area contributed by atoms with Crippen molar-refractivity contribution >= 4 is 17.7 Å². The monoisotopic (exact) mass is 400 g/mol. The highest BCUT2D eigenvalue weighted by Gasteiger charge is 2.37. The Hall–Kier alpha value is -1.82. The average Bonchev–Trinajstić information content (AvgIpc) is 2.59. The molecule has 0 aromatic heterocycles. The van der Waals surface area contributed by atoms with E-state index in [0.29, 0.717) is 25.2 Å². The predicted octanol–water partition coefficient (Wildman–Crippen LogP) is 4.73. The fourth-order valence-electron chi connectivity index (χ4n) is 3.06. The topological polar surface area (TPSA) is 32.8 Å². The Morgan fingerprint density at radius 1 is 1.37 bits per heavy atom. The summed E-state index contributed by atoms with van der Waals surface area (Å²) in [4.78, 5) is 15.4. The Morgan fingerprint density at radius 3 is 2.52 bits per heavy atom. The molecule has 1 aliphatic rings. The van der Waals surface area contributed by atoms with Crippen LogP contribution in [0.4, 0.5) is 13.6 Å². The van der Waals surface area contributed by atoms with Gasteiger partial charge in [0.2, 0.25) is 0 Å². The molecule has 0 bridgehead atoms. The molecule has 1 saturated heterocycles. The number of rotatable bonds is 5. The van der Waals surface area contributed by atoms with Crippen LogP contribution in [0.15, 0.2) is 36.5 Å². The van der Waals surface area contributed by atoms with Gasteiger partial charge in [-0.15, -0.1) is 11.6 Å². The van der Waals surface area contributed by atoms with E-state index in [9.17, 15) is 13.6 Å². The normalized spacial score (nSPS) is 20.3. The lowest BCUT2D eigenvalue weighted by Gasteiger charge is -2.42. The first-order valence-corrected chi connectivity index (χ1v) is 9.51. The number of hydrogen-bond acceptors (Lipinski definition) is 3. The molecule has 0 unspecified atom stereocenters. The summed E-state index contributed by atoms with van der Waals surface area (Å²) in [7, 11) is 0. The molecule has 1 heterocycles. The molecule has 27 heavy (non-hydrogen) atoms. The fraction of sp³-hybridized carbons (Fsp3) is 0.550. The van der Waals surface area contributed by atoms with E-state index in [1.165, 1.54) is 17.0 Å². The summed E-state index contributed by atoms with van der Waals surface area (Å²) in [6, 6.07) is 5.60. The predicted molar refractivity (Wildman–Crippen MR) is 103 cm³/mol. The first kappa shape index (κ1) is 21.5. The van der Waals surface area contributed by atoms with Crippen LogP contribution in [-0.2, 0) is 11.3 Å². The van der Waals surface area contributed by atoms with Crippen molar-refractivity contribution in [2.24, 2.45) is 0 Å². The third kappa shape index (κ3) is 6.09. The van der Waals surface area contributed by atoms with Gasteiger partial charge in [0.05, 0.1) is 18.5 Å². The summed E-state index contributed by atoms with van der Waals surface area (Å²) in [5.74, 6) is -0.157. The van der Waals surface area contributed by atoms with E-state index in [1.807, 2.05) is 4.90 Å². The van der Waals surface area contributed by atoms with Crippen LogP contribution in [0.25, 0.3) is 0 Å². The van der Waals surface area contributed by atoms with Gasteiger partial charge in [-0.1, -0.05) is 18.7 Å². The van der Waals surface area contributed by atoms with E-state index in [4.69, 9.17) is 16.3 Å². The van der Waals surface area contributed by atoms with Crippen molar-refractivity contribution < 1.29 is 18.3 Å². The van der Waals surface area contributed by atoms with E-state index < -0.39 is 23.9 Å². The summed E-state index contributed by atoms with van der Waals surface area (Å²) in [5, 5.41) is 0. The van der Waals surface area contributed by atoms with Crippen molar-refractivity contribution in [3.63, 3.8) is 0 Å². The van der Waals surface area contributed by atoms with Gasteiger partial charge in [-0.3, -0.25) is 0 Å². The van der Waals surface area contributed by atoms with Gasteiger partial charge in [-0.25, -0.2) is 13.6 Å². The summed E-state index contributed by atoms with van der Waals surface area (Å²) < 4.78 is 33.4. The number of amides is 1. The van der Waals surface area contributed by atoms with Crippen LogP contribution in [0.2, 0.25) is 0 Å². The smallest absolute Gasteiger partial charge is 0.410 e. The van der Waals surface area contributed by atoms with Crippen molar-refractivity contribution in [3.8, 4) is 0 Å². The number of benzene rings is 1. The van der Waals surface area contributed by atoms with Gasteiger partial charge in [-0.05, 0) is 44.9 Å². The average molecular weight is 401 g/mol. The highest BCUT2D eigenvalue weighted by atomic mass is 35.5. The van der Waals surface area contributed by atoms with Gasteiger partial charge in [-0.2, -0.15) is 0 Å². The highest BCUT2D eigenvalue weighted by molar-refractivity contribution is 6.19. The molecule has 2 rings (SSSR count). The molecule has 150 valence electrons. The summed E-state index contributed by atoms with van der Waals surface area (Å²) in [5.41, 5.74) is 0.810. The van der Waals surface area contributed by atoms with E-state index in [1.54, 1.807) is 32.9 Å². The minimum absolute atomic E-state index is 0.0466. The van der Waals surface area contributed by atoms with Crippen molar-refractivity contribution in [1.82, 2.24) is 9.80 Å². The van der Waals surface area contributed by atoms with Crippen LogP contribution in [0.3, 0.4) is 0 Å². The van der Waals surface area contributed by atoms with Crippen LogP contribution in [0, 0.1) is 5.82 Å². The van der Waals surface area contributed by atoms with Gasteiger partial charge in [0.1, 0.15) is 17.6 Å². The zero-order chi connectivity index (χ0) is 20.2. The molecule has 0 spiro atoms. The zero-order valence-corrected chi connectivity index (χ0v) is 16.8. The Balaban J connectivity index is 2.08. The molecule has 1 fully saturated rings. The fourth-order valence-corrected chi connectivity index (χ4v) is 3.22. The lowest BCUT2D eigenvalue weighted by Crippen LogP contribution is -2.54. The molecule has 1 amide bonds. The zero-order valence-electron chi connectivity index (χ0n) is 16.1. The van der Waals surface area contributed by atoms with Crippen LogP contribution >= 0.6 is 11.6 Å². The maximum Gasteiger partial charge on any atom is 0.410 e. The number of alkyl halides is 2. The SMILES string of the molecule is C=C(CCl)N(Cc1ccc(F)cc1)[C@H]1CCN(C(=O)OC(C)(C)C)C[C@H]1F. The van der Waals surface area contributed by atoms with Gasteiger partial charge in [0.15, 0.2) is 0 Å². The third-order valence-electron chi connectivity index (χ3n) is 4.39. The summed E-state index contributed by atoms with van der Waals surface area (Å²) in [6.07, 6.45) is -1.35. The minimum atomic E-state index is -1.27. The molecule has 0 aliphatic carbocycles. The van der Waals surface area contributed by atoms with Crippen LogP contribution in [0.1, 0.15) is 32.8 Å². The Kier molecular flexibility index (Phi) is 7.09. The molecule has 2 atom stereocenters. The number of ether oxygens (including phenoxy) is 1. The van der Waals surface area contributed by atoms with Gasteiger partial charge in [0, 0.05) is 18.8 Å². The van der Waals surface area contributed by atoms with Crippen molar-refractivity contribution in [1.29, 1.82) is 0 Å². The number of carbonyl (C=O) groups excluding carboxylic acids is 1. The lowest BCUT2D eigenvalue weighted by atomic mass is 10.00. The second-order valence-corrected chi connectivity index (χ2v) is 8.02. The van der Waals surface area contributed by atoms with E-state index in [-0.39, 0.29) is 18.2 Å². The Labute approximate surface area is 164 Å². The second-order valence-electron chi connectivity index (χ2n) is 7.75. The number of nitrogens with zero attached hydrogens (tertiary/aromatic N) is 2. The molecule has 1 aromatic carbocycles. The van der Waals surface area contributed by atoms with Gasteiger partial charge >= 0.3 is 6.09 Å². The molecule has 0 saturated carbocycles. The molecular weight excluding hydrogens is 374 g/mol. The maximum atomic E-state index is 15.0. The number of hydrogen-bond donors (Lipinski definition) is 0. The van der Waals surface area contributed by atoms with Crippen LogP contribution in [0.5, 0.6) is 0 Å². The number of carbonyl (C=O) groups is 1. The largest absolute Gasteiger partial charge is 0.444 e. The lowest BCUT2D eigenvalue weighted by molar-refractivity contribution is -0.00146. The minimum Gasteiger partial charge on any atom is -0.444 e. The molecule has 0 radical (unpaired) electrons. The van der Waals surface area contributed by atoms with Crippen molar-refractivity contribution in [2.45, 2.75) is 51.6 Å². The van der Waals surface area contributed by atoms with E-state index in [2.05, 4.69) is 6.58 Å². The van der Waals surface area contributed by atoms with Crippen LogP contribution < -0.4 is 0 Å². The Morgan fingerprint density at radius 2 is 2.00 bits per heavy atom. The third-order valence-corrected chi connectivity index (χ3v) is 4.69. The number of allylic oxidation sites excluding steroid dienone is 1. The molecule has 4 nitrogen and oxygen atoms in total. The molecule has 1 aromatic rings. The summed E-state index contributed by atoms with van der Waals surface area (Å²) >= 11 is 5.95. The number of halogens is 3. The molecule has 0 N–H and O–H groups in total. The van der Waals surface area contributed by atoms with E-state index >= 15 is 0 Å². The van der Waals surface area contributed by atoms with Crippen molar-refractivity contribution in [3.05, 3.63) is 47.9 Å². The van der Waals surface area contributed by atoms with Crippen LogP contribution in [-0.4, -0.2) is 52.7 Å². The van der Waals surface area contributed by atoms with Gasteiger partial charge < -0.3 is 14.5 Å². The quantitative estimate of drug-likeness (QED) is 0.670. The second kappa shape index (κ2) is 8.91. The van der Waals surface area contributed by atoms with E-state index in [0.717, 1.165) is 5.56 Å².